The maximum Gasteiger partial charge on any atom is 0.101 e. The van der Waals surface area contributed by atoms with Crippen LogP contribution in [0.2, 0.25) is 0 Å². The minimum Gasteiger partial charge on any atom is -0.308 e. The Morgan fingerprint density at radius 2 is 1.19 bits per heavy atom. The van der Waals surface area contributed by atoms with Gasteiger partial charge in [0.05, 0.1) is 31.7 Å². The number of nitrogens with zero attached hydrogens (tertiary/aromatic N) is 2. The summed E-state index contributed by atoms with van der Waals surface area (Å²) in [6, 6.07) is 54.8. The third-order valence-corrected chi connectivity index (χ3v) is 11.9. The molecule has 4 heteroatoms. The van der Waals surface area contributed by atoms with Gasteiger partial charge in [0.25, 0.3) is 0 Å². The molecule has 0 aliphatic heterocycles. The van der Waals surface area contributed by atoms with Gasteiger partial charge < -0.3 is 4.57 Å². The molecule has 0 aliphatic carbocycles. The smallest absolute Gasteiger partial charge is 0.101 e. The molecule has 7 aromatic carbocycles. The van der Waals surface area contributed by atoms with Crippen molar-refractivity contribution in [1.82, 2.24) is 4.57 Å². The molecule has 0 fully saturated rings. The number of para-hydroxylation sites is 1. The van der Waals surface area contributed by atoms with E-state index < -0.39 is 0 Å². The number of fused-ring (bicyclic) bond motifs is 9. The van der Waals surface area contributed by atoms with Gasteiger partial charge in [-0.25, -0.2) is 0 Å². The first kappa shape index (κ1) is 26.5. The average molecular weight is 633 g/mol. The molecule has 0 spiro atoms. The highest BCUT2D eigenvalue weighted by atomic mass is 32.1. The first-order chi connectivity index (χ1) is 23.3. The Bertz CT molecular complexity index is 2920. The topological polar surface area (TPSA) is 28.7 Å². The molecule has 0 atom stereocenters. The van der Waals surface area contributed by atoms with Crippen molar-refractivity contribution in [3.05, 3.63) is 151 Å². The first-order valence-corrected chi connectivity index (χ1v) is 17.3. The van der Waals surface area contributed by atoms with Crippen LogP contribution in [-0.4, -0.2) is 4.57 Å². The SMILES string of the molecule is N#Cc1ccc(-c2ccc3c(c2)sc2ccccc23)c2c1sc1c(-n3c4ccccc4c4ccc(-c5ccccc5)cc43)cccc12. The van der Waals surface area contributed by atoms with Crippen LogP contribution in [0.3, 0.4) is 0 Å². The maximum atomic E-state index is 10.3. The molecular weight excluding hydrogens is 609 g/mol. The molecule has 2 nitrogen and oxygen atoms in total. The molecule has 0 bridgehead atoms. The summed E-state index contributed by atoms with van der Waals surface area (Å²) in [5.41, 5.74) is 8.93. The van der Waals surface area contributed by atoms with Crippen LogP contribution < -0.4 is 0 Å². The van der Waals surface area contributed by atoms with Crippen molar-refractivity contribution in [2.75, 3.05) is 0 Å². The summed E-state index contributed by atoms with van der Waals surface area (Å²) in [4.78, 5) is 0. The zero-order chi connectivity index (χ0) is 31.1. The predicted octanol–water partition coefficient (Wildman–Crippen LogP) is 12.7. The van der Waals surface area contributed by atoms with Crippen LogP contribution in [0.15, 0.2) is 146 Å². The van der Waals surface area contributed by atoms with Crippen LogP contribution in [0.4, 0.5) is 0 Å². The Morgan fingerprint density at radius 1 is 0.468 bits per heavy atom. The summed E-state index contributed by atoms with van der Waals surface area (Å²) in [6.07, 6.45) is 0. The molecule has 0 radical (unpaired) electrons. The summed E-state index contributed by atoms with van der Waals surface area (Å²) in [5.74, 6) is 0. The van der Waals surface area contributed by atoms with E-state index in [2.05, 4.69) is 150 Å². The Balaban J connectivity index is 1.27. The Kier molecular flexibility index (Phi) is 5.71. The summed E-state index contributed by atoms with van der Waals surface area (Å²) >= 11 is 3.57. The second-order valence-corrected chi connectivity index (χ2v) is 14.1. The number of benzene rings is 7. The van der Waals surface area contributed by atoms with Crippen molar-refractivity contribution in [2.45, 2.75) is 0 Å². The molecule has 0 aliphatic rings. The van der Waals surface area contributed by atoms with Crippen molar-refractivity contribution < 1.29 is 0 Å². The normalized spacial score (nSPS) is 11.8. The molecule has 0 unspecified atom stereocenters. The van der Waals surface area contributed by atoms with Gasteiger partial charge in [0.15, 0.2) is 0 Å². The van der Waals surface area contributed by atoms with E-state index in [0.29, 0.717) is 5.56 Å². The fourth-order valence-corrected chi connectivity index (χ4v) is 9.76. The number of hydrogen-bond donors (Lipinski definition) is 0. The second-order valence-electron chi connectivity index (χ2n) is 12.0. The predicted molar refractivity (Wildman–Crippen MR) is 202 cm³/mol. The number of rotatable bonds is 3. The van der Waals surface area contributed by atoms with Gasteiger partial charge in [-0.2, -0.15) is 5.26 Å². The highest BCUT2D eigenvalue weighted by Gasteiger charge is 2.20. The van der Waals surface area contributed by atoms with Crippen LogP contribution in [0, 0.1) is 11.3 Å². The van der Waals surface area contributed by atoms with Crippen LogP contribution in [0.5, 0.6) is 0 Å². The highest BCUT2D eigenvalue weighted by molar-refractivity contribution is 7.26. The van der Waals surface area contributed by atoms with Crippen molar-refractivity contribution >= 4 is 84.8 Å². The van der Waals surface area contributed by atoms with Gasteiger partial charge in [-0.3, -0.25) is 0 Å². The fraction of sp³-hybridized carbons (Fsp3) is 0. The molecule has 0 amide bonds. The molecular formula is C43H24N2S2. The van der Waals surface area contributed by atoms with Gasteiger partial charge in [0, 0.05) is 41.7 Å². The van der Waals surface area contributed by atoms with E-state index in [-0.39, 0.29) is 0 Å². The van der Waals surface area contributed by atoms with E-state index in [1.54, 1.807) is 11.3 Å². The van der Waals surface area contributed by atoms with Gasteiger partial charge in [0.2, 0.25) is 0 Å². The molecule has 218 valence electrons. The number of hydrogen-bond acceptors (Lipinski definition) is 3. The lowest BCUT2D eigenvalue weighted by Crippen LogP contribution is -1.94. The third kappa shape index (κ3) is 3.88. The van der Waals surface area contributed by atoms with E-state index in [1.807, 2.05) is 17.4 Å². The van der Waals surface area contributed by atoms with Crippen molar-refractivity contribution in [1.29, 1.82) is 5.26 Å². The third-order valence-electron chi connectivity index (χ3n) is 9.46. The molecule has 3 heterocycles. The van der Waals surface area contributed by atoms with Crippen LogP contribution in [0.25, 0.3) is 90.1 Å². The van der Waals surface area contributed by atoms with E-state index in [0.717, 1.165) is 21.3 Å². The summed E-state index contributed by atoms with van der Waals surface area (Å²) in [6.45, 7) is 0. The van der Waals surface area contributed by atoms with Crippen molar-refractivity contribution in [3.8, 4) is 34.0 Å². The van der Waals surface area contributed by atoms with Gasteiger partial charge in [-0.15, -0.1) is 22.7 Å². The lowest BCUT2D eigenvalue weighted by atomic mass is 9.96. The first-order valence-electron chi connectivity index (χ1n) is 15.7. The number of aromatic nitrogens is 1. The largest absolute Gasteiger partial charge is 0.308 e. The zero-order valence-electron chi connectivity index (χ0n) is 25.1. The lowest BCUT2D eigenvalue weighted by molar-refractivity contribution is 1.20. The molecule has 3 aromatic heterocycles. The highest BCUT2D eigenvalue weighted by Crippen LogP contribution is 2.46. The zero-order valence-corrected chi connectivity index (χ0v) is 26.7. The molecule has 10 aromatic rings. The van der Waals surface area contributed by atoms with E-state index >= 15 is 0 Å². The lowest BCUT2D eigenvalue weighted by Gasteiger charge is -2.11. The quantitative estimate of drug-likeness (QED) is 0.190. The summed E-state index contributed by atoms with van der Waals surface area (Å²) in [7, 11) is 0. The van der Waals surface area contributed by atoms with Crippen LogP contribution >= 0.6 is 22.7 Å². The minimum atomic E-state index is 0.715. The molecule has 10 rings (SSSR count). The fourth-order valence-electron chi connectivity index (χ4n) is 7.33. The second kappa shape index (κ2) is 10.1. The molecule has 0 N–H and O–H groups in total. The molecule has 47 heavy (non-hydrogen) atoms. The summed E-state index contributed by atoms with van der Waals surface area (Å²) in [5, 5.41) is 17.7. The van der Waals surface area contributed by atoms with Crippen molar-refractivity contribution in [2.24, 2.45) is 0 Å². The minimum absolute atomic E-state index is 0.715. The number of nitriles is 1. The standard InChI is InChI=1S/C43H24N2S2/c44-25-29-19-20-30(28-18-22-34-33-12-5-7-16-39(33)46-40(34)24-28)41-35-13-8-15-37(43(35)47-42(29)41)45-36-14-6-4-11-31(36)32-21-17-27(23-38(32)45)26-9-2-1-3-10-26/h1-24H. The van der Waals surface area contributed by atoms with Crippen LogP contribution in [0.1, 0.15) is 5.56 Å². The van der Waals surface area contributed by atoms with E-state index in [9.17, 15) is 5.26 Å². The Morgan fingerprint density at radius 3 is 2.09 bits per heavy atom. The molecule has 0 saturated carbocycles. The Labute approximate surface area is 278 Å². The van der Waals surface area contributed by atoms with Crippen molar-refractivity contribution in [3.63, 3.8) is 0 Å². The van der Waals surface area contributed by atoms with Crippen LogP contribution in [-0.2, 0) is 0 Å². The van der Waals surface area contributed by atoms with Gasteiger partial charge >= 0.3 is 0 Å². The van der Waals surface area contributed by atoms with E-state index in [4.69, 9.17) is 0 Å². The van der Waals surface area contributed by atoms with Gasteiger partial charge in [-0.05, 0) is 58.7 Å². The van der Waals surface area contributed by atoms with Gasteiger partial charge in [0.1, 0.15) is 6.07 Å². The number of thiophene rings is 2. The maximum absolute atomic E-state index is 10.3. The molecule has 0 saturated heterocycles. The van der Waals surface area contributed by atoms with Gasteiger partial charge in [-0.1, -0.05) is 109 Å². The van der Waals surface area contributed by atoms with E-state index in [1.165, 1.54) is 68.8 Å². The summed E-state index contributed by atoms with van der Waals surface area (Å²) < 4.78 is 7.22. The monoisotopic (exact) mass is 632 g/mol. The average Bonchev–Trinajstić information content (AvgIpc) is 3.81. The Hall–Kier alpha value is -5.73.